The molecule has 2 aromatic rings. The second-order valence-corrected chi connectivity index (χ2v) is 9.22. The fourth-order valence-corrected chi connectivity index (χ4v) is 4.64. The molecular formula is C25H30Cl2N2O2. The SMILES string of the molecule is Cc1cccc(CN(C(=O)Cc2c(Cl)cccc2Cl)[C@@H](C)C(=O)NC2CCCCC2)c1. The van der Waals surface area contributed by atoms with Crippen LogP contribution in [0.15, 0.2) is 42.5 Å². The highest BCUT2D eigenvalue weighted by atomic mass is 35.5. The summed E-state index contributed by atoms with van der Waals surface area (Å²) in [6, 6.07) is 12.8. The maximum Gasteiger partial charge on any atom is 0.242 e. The summed E-state index contributed by atoms with van der Waals surface area (Å²) < 4.78 is 0. The molecule has 1 aliphatic rings. The third-order valence-corrected chi connectivity index (χ3v) is 6.65. The Labute approximate surface area is 194 Å². The lowest BCUT2D eigenvalue weighted by atomic mass is 9.95. The fraction of sp³-hybridized carbons (Fsp3) is 0.440. The van der Waals surface area contributed by atoms with E-state index in [0.717, 1.165) is 36.8 Å². The van der Waals surface area contributed by atoms with E-state index in [1.807, 2.05) is 31.2 Å². The molecule has 1 aliphatic carbocycles. The van der Waals surface area contributed by atoms with Crippen molar-refractivity contribution in [1.29, 1.82) is 0 Å². The van der Waals surface area contributed by atoms with Crippen molar-refractivity contribution in [2.75, 3.05) is 0 Å². The summed E-state index contributed by atoms with van der Waals surface area (Å²) in [5, 5.41) is 4.06. The number of aryl methyl sites for hydroxylation is 1. The fourth-order valence-electron chi connectivity index (χ4n) is 4.11. The number of benzene rings is 2. The Morgan fingerprint density at radius 1 is 1.06 bits per heavy atom. The van der Waals surface area contributed by atoms with Crippen molar-refractivity contribution in [3.8, 4) is 0 Å². The number of rotatable bonds is 7. The van der Waals surface area contributed by atoms with Gasteiger partial charge in [0.1, 0.15) is 6.04 Å². The number of carbonyl (C=O) groups is 2. The molecule has 0 unspecified atom stereocenters. The van der Waals surface area contributed by atoms with Gasteiger partial charge < -0.3 is 10.2 Å². The number of halogens is 2. The molecule has 3 rings (SSSR count). The average molecular weight is 461 g/mol. The van der Waals surface area contributed by atoms with E-state index >= 15 is 0 Å². The molecule has 2 aromatic carbocycles. The highest BCUT2D eigenvalue weighted by Gasteiger charge is 2.29. The molecule has 1 atom stereocenters. The highest BCUT2D eigenvalue weighted by Crippen LogP contribution is 2.26. The van der Waals surface area contributed by atoms with E-state index < -0.39 is 6.04 Å². The van der Waals surface area contributed by atoms with E-state index in [2.05, 4.69) is 5.32 Å². The van der Waals surface area contributed by atoms with Crippen molar-refractivity contribution >= 4 is 35.0 Å². The Kier molecular flexibility index (Phi) is 8.39. The molecule has 4 nitrogen and oxygen atoms in total. The predicted molar refractivity (Wildman–Crippen MR) is 126 cm³/mol. The van der Waals surface area contributed by atoms with E-state index in [-0.39, 0.29) is 24.3 Å². The summed E-state index contributed by atoms with van der Waals surface area (Å²) in [7, 11) is 0. The van der Waals surface area contributed by atoms with Gasteiger partial charge >= 0.3 is 0 Å². The van der Waals surface area contributed by atoms with Gasteiger partial charge in [-0.25, -0.2) is 0 Å². The third-order valence-electron chi connectivity index (χ3n) is 5.94. The molecule has 2 amide bonds. The Hall–Kier alpha value is -2.04. The van der Waals surface area contributed by atoms with Crippen LogP contribution in [0.3, 0.4) is 0 Å². The zero-order valence-corrected chi connectivity index (χ0v) is 19.7. The van der Waals surface area contributed by atoms with Crippen molar-refractivity contribution in [2.24, 2.45) is 0 Å². The molecule has 6 heteroatoms. The number of hydrogen-bond acceptors (Lipinski definition) is 2. The lowest BCUT2D eigenvalue weighted by molar-refractivity contribution is -0.140. The molecule has 0 aliphatic heterocycles. The van der Waals surface area contributed by atoms with E-state index in [1.165, 1.54) is 6.42 Å². The first-order valence-corrected chi connectivity index (χ1v) is 11.7. The number of amides is 2. The van der Waals surface area contributed by atoms with Crippen molar-refractivity contribution < 1.29 is 9.59 Å². The molecule has 166 valence electrons. The Balaban J connectivity index is 1.80. The van der Waals surface area contributed by atoms with Gasteiger partial charge in [-0.1, -0.05) is 78.4 Å². The van der Waals surface area contributed by atoms with Gasteiger partial charge in [0.05, 0.1) is 6.42 Å². The van der Waals surface area contributed by atoms with E-state index in [0.29, 0.717) is 22.2 Å². The molecule has 1 saturated carbocycles. The lowest BCUT2D eigenvalue weighted by Crippen LogP contribution is -2.50. The summed E-state index contributed by atoms with van der Waals surface area (Å²) in [6.45, 7) is 4.15. The first kappa shape index (κ1) is 23.6. The van der Waals surface area contributed by atoms with Crippen molar-refractivity contribution in [1.82, 2.24) is 10.2 Å². The molecule has 31 heavy (non-hydrogen) atoms. The molecule has 0 bridgehead atoms. The second kappa shape index (κ2) is 11.0. The Bertz CT molecular complexity index is 905. The highest BCUT2D eigenvalue weighted by molar-refractivity contribution is 6.36. The summed E-state index contributed by atoms with van der Waals surface area (Å²) in [5.74, 6) is -0.291. The van der Waals surface area contributed by atoms with Gasteiger partial charge in [0.2, 0.25) is 11.8 Å². The third kappa shape index (κ3) is 6.47. The van der Waals surface area contributed by atoms with Crippen molar-refractivity contribution in [3.05, 3.63) is 69.2 Å². The zero-order valence-electron chi connectivity index (χ0n) is 18.2. The first-order valence-electron chi connectivity index (χ1n) is 10.9. The largest absolute Gasteiger partial charge is 0.352 e. The topological polar surface area (TPSA) is 49.4 Å². The Morgan fingerprint density at radius 2 is 1.71 bits per heavy atom. The van der Waals surface area contributed by atoms with Gasteiger partial charge in [0.25, 0.3) is 0 Å². The standard InChI is InChI=1S/C25H30Cl2N2O2/c1-17-8-6-9-19(14-17)16-29(18(2)25(31)28-20-10-4-3-5-11-20)24(30)15-21-22(26)12-7-13-23(21)27/h6-9,12-14,18,20H,3-5,10-11,15-16H2,1-2H3,(H,28,31)/t18-/m0/s1. The molecule has 0 saturated heterocycles. The average Bonchev–Trinajstić information content (AvgIpc) is 2.75. The maximum absolute atomic E-state index is 13.4. The van der Waals surface area contributed by atoms with Gasteiger partial charge in [-0.2, -0.15) is 0 Å². The number of hydrogen-bond donors (Lipinski definition) is 1. The summed E-state index contributed by atoms with van der Waals surface area (Å²) >= 11 is 12.6. The Morgan fingerprint density at radius 3 is 2.35 bits per heavy atom. The lowest BCUT2D eigenvalue weighted by Gasteiger charge is -2.31. The second-order valence-electron chi connectivity index (χ2n) is 8.41. The van der Waals surface area contributed by atoms with Crippen LogP contribution in [0.1, 0.15) is 55.7 Å². The van der Waals surface area contributed by atoms with Gasteiger partial charge in [0, 0.05) is 22.6 Å². The van der Waals surface area contributed by atoms with Crippen molar-refractivity contribution in [3.63, 3.8) is 0 Å². The smallest absolute Gasteiger partial charge is 0.242 e. The van der Waals surface area contributed by atoms with Crippen LogP contribution in [0.25, 0.3) is 0 Å². The quantitative estimate of drug-likeness (QED) is 0.574. The monoisotopic (exact) mass is 460 g/mol. The van der Waals surface area contributed by atoms with Crippen LogP contribution in [0, 0.1) is 6.92 Å². The molecule has 1 N–H and O–H groups in total. The molecule has 0 spiro atoms. The van der Waals surface area contributed by atoms with Crippen molar-refractivity contribution in [2.45, 2.75) is 71.0 Å². The van der Waals surface area contributed by atoms with E-state index in [4.69, 9.17) is 23.2 Å². The molecule has 0 heterocycles. The summed E-state index contributed by atoms with van der Waals surface area (Å²) in [4.78, 5) is 28.0. The minimum Gasteiger partial charge on any atom is -0.352 e. The minimum atomic E-state index is -0.601. The number of carbonyl (C=O) groups excluding carboxylic acids is 2. The van der Waals surface area contributed by atoms with Crippen LogP contribution in [-0.2, 0) is 22.6 Å². The zero-order chi connectivity index (χ0) is 22.4. The van der Waals surface area contributed by atoms with Crippen LogP contribution < -0.4 is 5.32 Å². The van der Waals surface area contributed by atoms with Crippen LogP contribution in [0.4, 0.5) is 0 Å². The minimum absolute atomic E-state index is 0.0470. The summed E-state index contributed by atoms with van der Waals surface area (Å²) in [5.41, 5.74) is 2.68. The van der Waals surface area contributed by atoms with Crippen LogP contribution in [0.5, 0.6) is 0 Å². The number of nitrogens with one attached hydrogen (secondary N) is 1. The van der Waals surface area contributed by atoms with Gasteiger partial charge in [-0.05, 0) is 49.9 Å². The maximum atomic E-state index is 13.4. The van der Waals surface area contributed by atoms with Gasteiger partial charge in [-0.15, -0.1) is 0 Å². The normalized spacial score (nSPS) is 15.4. The predicted octanol–water partition coefficient (Wildman–Crippen LogP) is 5.71. The van der Waals surface area contributed by atoms with Crippen LogP contribution in [0.2, 0.25) is 10.0 Å². The molecule has 0 radical (unpaired) electrons. The van der Waals surface area contributed by atoms with Gasteiger partial charge in [0.15, 0.2) is 0 Å². The summed E-state index contributed by atoms with van der Waals surface area (Å²) in [6.07, 6.45) is 5.54. The first-order chi connectivity index (χ1) is 14.8. The van der Waals surface area contributed by atoms with Crippen LogP contribution >= 0.6 is 23.2 Å². The number of nitrogens with zero attached hydrogens (tertiary/aromatic N) is 1. The van der Waals surface area contributed by atoms with E-state index in [1.54, 1.807) is 30.0 Å². The van der Waals surface area contributed by atoms with Crippen LogP contribution in [-0.4, -0.2) is 28.8 Å². The molecule has 1 fully saturated rings. The molecular weight excluding hydrogens is 431 g/mol. The van der Waals surface area contributed by atoms with Gasteiger partial charge in [-0.3, -0.25) is 9.59 Å². The van der Waals surface area contributed by atoms with E-state index in [9.17, 15) is 9.59 Å². The molecule has 0 aromatic heterocycles.